The zero-order chi connectivity index (χ0) is 14.1. The molecule has 20 heavy (non-hydrogen) atoms. The van der Waals surface area contributed by atoms with Gasteiger partial charge in [-0.2, -0.15) is 0 Å². The SMILES string of the molecule is NN1CC([N+](=O)[O-])=CNC1C(c1cccnc1)C1CC1. The highest BCUT2D eigenvalue weighted by Crippen LogP contribution is 2.45. The van der Waals surface area contributed by atoms with Crippen LogP contribution >= 0.6 is 0 Å². The highest BCUT2D eigenvalue weighted by atomic mass is 16.6. The predicted molar refractivity (Wildman–Crippen MR) is 72.6 cm³/mol. The summed E-state index contributed by atoms with van der Waals surface area (Å²) < 4.78 is 0. The van der Waals surface area contributed by atoms with Gasteiger partial charge in [-0.1, -0.05) is 6.07 Å². The van der Waals surface area contributed by atoms with Crippen molar-refractivity contribution in [2.24, 2.45) is 11.8 Å². The number of hydrogen-bond donors (Lipinski definition) is 2. The fourth-order valence-electron chi connectivity index (χ4n) is 2.77. The minimum atomic E-state index is -0.403. The van der Waals surface area contributed by atoms with E-state index in [2.05, 4.69) is 10.3 Å². The Balaban J connectivity index is 1.84. The maximum absolute atomic E-state index is 10.8. The van der Waals surface area contributed by atoms with Gasteiger partial charge in [-0.3, -0.25) is 20.9 Å². The summed E-state index contributed by atoms with van der Waals surface area (Å²) in [6, 6.07) is 3.95. The molecule has 0 bridgehead atoms. The third-order valence-electron chi connectivity index (χ3n) is 3.90. The molecule has 2 atom stereocenters. The second-order valence-electron chi connectivity index (χ2n) is 5.33. The molecule has 0 spiro atoms. The van der Waals surface area contributed by atoms with Crippen LogP contribution in [0.1, 0.15) is 24.3 Å². The number of rotatable bonds is 4. The predicted octanol–water partition coefficient (Wildman–Crippen LogP) is 0.798. The maximum Gasteiger partial charge on any atom is 0.277 e. The summed E-state index contributed by atoms with van der Waals surface area (Å²) in [5, 5.41) is 15.4. The van der Waals surface area contributed by atoms with Crippen LogP contribution in [0.5, 0.6) is 0 Å². The quantitative estimate of drug-likeness (QED) is 0.479. The molecule has 1 aromatic heterocycles. The first-order valence-electron chi connectivity index (χ1n) is 6.67. The van der Waals surface area contributed by atoms with E-state index in [9.17, 15) is 10.1 Å². The zero-order valence-electron chi connectivity index (χ0n) is 11.0. The van der Waals surface area contributed by atoms with Crippen LogP contribution in [0.2, 0.25) is 0 Å². The van der Waals surface area contributed by atoms with Crippen LogP contribution in [0.25, 0.3) is 0 Å². The van der Waals surface area contributed by atoms with Gasteiger partial charge in [0.2, 0.25) is 0 Å². The van der Waals surface area contributed by atoms with Crippen molar-refractivity contribution in [3.63, 3.8) is 0 Å². The third-order valence-corrected chi connectivity index (χ3v) is 3.90. The largest absolute Gasteiger partial charge is 0.369 e. The van der Waals surface area contributed by atoms with Gasteiger partial charge in [-0.25, -0.2) is 5.01 Å². The molecule has 3 N–H and O–H groups in total. The van der Waals surface area contributed by atoms with Crippen LogP contribution in [-0.4, -0.2) is 27.6 Å². The van der Waals surface area contributed by atoms with E-state index >= 15 is 0 Å². The van der Waals surface area contributed by atoms with Gasteiger partial charge in [0.25, 0.3) is 5.70 Å². The van der Waals surface area contributed by atoms with Crippen molar-refractivity contribution < 1.29 is 4.92 Å². The van der Waals surface area contributed by atoms with Gasteiger partial charge in [0.05, 0.1) is 17.3 Å². The lowest BCUT2D eigenvalue weighted by Crippen LogP contribution is -2.55. The molecule has 1 fully saturated rings. The average molecular weight is 275 g/mol. The summed E-state index contributed by atoms with van der Waals surface area (Å²) in [7, 11) is 0. The molecule has 1 saturated carbocycles. The monoisotopic (exact) mass is 275 g/mol. The molecule has 0 aromatic carbocycles. The van der Waals surface area contributed by atoms with Crippen molar-refractivity contribution >= 4 is 0 Å². The van der Waals surface area contributed by atoms with Gasteiger partial charge in [0.1, 0.15) is 6.54 Å². The molecule has 106 valence electrons. The number of nitro groups is 1. The fraction of sp³-hybridized carbons (Fsp3) is 0.462. The summed E-state index contributed by atoms with van der Waals surface area (Å²) in [6.07, 6.45) is 7.27. The van der Waals surface area contributed by atoms with Gasteiger partial charge in [-0.05, 0) is 30.4 Å². The van der Waals surface area contributed by atoms with Gasteiger partial charge in [-0.15, -0.1) is 0 Å². The Hall–Kier alpha value is -1.99. The van der Waals surface area contributed by atoms with Crippen molar-refractivity contribution in [2.45, 2.75) is 24.9 Å². The van der Waals surface area contributed by atoms with E-state index in [0.717, 1.165) is 18.4 Å². The number of nitrogens with one attached hydrogen (secondary N) is 1. The first-order valence-corrected chi connectivity index (χ1v) is 6.67. The van der Waals surface area contributed by atoms with E-state index in [1.54, 1.807) is 6.20 Å². The smallest absolute Gasteiger partial charge is 0.277 e. The number of hydrazine groups is 1. The Morgan fingerprint density at radius 1 is 1.55 bits per heavy atom. The molecule has 0 saturated heterocycles. The first kappa shape index (κ1) is 13.0. The van der Waals surface area contributed by atoms with E-state index in [-0.39, 0.29) is 24.3 Å². The number of nitrogens with zero attached hydrogens (tertiary/aromatic N) is 3. The Morgan fingerprint density at radius 2 is 2.35 bits per heavy atom. The molecule has 2 aliphatic rings. The van der Waals surface area contributed by atoms with Gasteiger partial charge >= 0.3 is 0 Å². The van der Waals surface area contributed by atoms with E-state index in [1.807, 2.05) is 18.3 Å². The molecule has 7 nitrogen and oxygen atoms in total. The van der Waals surface area contributed by atoms with Crippen LogP contribution in [0.4, 0.5) is 0 Å². The van der Waals surface area contributed by atoms with Gasteiger partial charge in [0.15, 0.2) is 0 Å². The van der Waals surface area contributed by atoms with Gasteiger partial charge < -0.3 is 5.32 Å². The molecular weight excluding hydrogens is 258 g/mol. The third kappa shape index (κ3) is 2.50. The first-order chi connectivity index (χ1) is 9.66. The summed E-state index contributed by atoms with van der Waals surface area (Å²) in [6.45, 7) is 0.147. The van der Waals surface area contributed by atoms with E-state index in [4.69, 9.17) is 5.84 Å². The number of pyridine rings is 1. The lowest BCUT2D eigenvalue weighted by Gasteiger charge is -2.36. The second-order valence-corrected chi connectivity index (χ2v) is 5.33. The molecular formula is C13H17N5O2. The van der Waals surface area contributed by atoms with Crippen molar-refractivity contribution in [1.29, 1.82) is 0 Å². The van der Waals surface area contributed by atoms with Crippen LogP contribution in [-0.2, 0) is 0 Å². The summed E-state index contributed by atoms with van der Waals surface area (Å²) in [5.74, 6) is 6.79. The number of aromatic nitrogens is 1. The molecule has 0 radical (unpaired) electrons. The van der Waals surface area contributed by atoms with Crippen LogP contribution in [0.15, 0.2) is 36.4 Å². The lowest BCUT2D eigenvalue weighted by atomic mass is 9.91. The molecule has 0 amide bonds. The Labute approximate surface area is 116 Å². The van der Waals surface area contributed by atoms with Crippen molar-refractivity contribution in [1.82, 2.24) is 15.3 Å². The number of hydrogen-bond acceptors (Lipinski definition) is 6. The standard InChI is InChI=1S/C13H17N5O2/c14-17-8-11(18(19)20)7-16-13(17)12(9-3-4-9)10-2-1-5-15-6-10/h1-2,5-7,9,12-13,16H,3-4,8,14H2. The van der Waals surface area contributed by atoms with E-state index in [1.165, 1.54) is 11.2 Å². The topological polar surface area (TPSA) is 97.3 Å². The van der Waals surface area contributed by atoms with Crippen molar-refractivity contribution in [3.05, 3.63) is 52.1 Å². The highest BCUT2D eigenvalue weighted by Gasteiger charge is 2.41. The Bertz CT molecular complexity index is 529. The Morgan fingerprint density at radius 3 is 2.90 bits per heavy atom. The fourth-order valence-corrected chi connectivity index (χ4v) is 2.77. The number of nitrogens with two attached hydrogens (primary N) is 1. The maximum atomic E-state index is 10.8. The van der Waals surface area contributed by atoms with Crippen LogP contribution < -0.4 is 11.2 Å². The molecule has 1 aromatic rings. The minimum Gasteiger partial charge on any atom is -0.369 e. The minimum absolute atomic E-state index is 0.0875. The summed E-state index contributed by atoms with van der Waals surface area (Å²) in [5.41, 5.74) is 1.21. The van der Waals surface area contributed by atoms with Gasteiger partial charge in [0, 0.05) is 18.3 Å². The molecule has 2 heterocycles. The zero-order valence-corrected chi connectivity index (χ0v) is 11.0. The Kier molecular flexibility index (Phi) is 3.37. The summed E-state index contributed by atoms with van der Waals surface area (Å²) in [4.78, 5) is 14.6. The lowest BCUT2D eigenvalue weighted by molar-refractivity contribution is -0.430. The summed E-state index contributed by atoms with van der Waals surface area (Å²) >= 11 is 0. The molecule has 1 aliphatic carbocycles. The molecule has 1 aliphatic heterocycles. The normalized spacial score (nSPS) is 24.6. The molecule has 3 rings (SSSR count). The molecule has 7 heteroatoms. The molecule has 2 unspecified atom stereocenters. The van der Waals surface area contributed by atoms with E-state index in [0.29, 0.717) is 5.92 Å². The second kappa shape index (κ2) is 5.18. The van der Waals surface area contributed by atoms with Crippen LogP contribution in [0.3, 0.4) is 0 Å². The van der Waals surface area contributed by atoms with Crippen molar-refractivity contribution in [2.75, 3.05) is 6.54 Å². The van der Waals surface area contributed by atoms with Crippen molar-refractivity contribution in [3.8, 4) is 0 Å². The van der Waals surface area contributed by atoms with E-state index < -0.39 is 4.92 Å². The van der Waals surface area contributed by atoms with Crippen LogP contribution in [0, 0.1) is 16.0 Å². The average Bonchev–Trinajstić information content (AvgIpc) is 3.26. The highest BCUT2D eigenvalue weighted by molar-refractivity contribution is 5.21.